The average molecular weight is 265 g/mol. The Balaban J connectivity index is 2.12. The van der Waals surface area contributed by atoms with Gasteiger partial charge in [-0.2, -0.15) is 0 Å². The standard InChI is InChI=1S/C19H23N/c1-4-5-12-20-18-9-7-6-8-16(18)15(3)17-13-14(2)10-11-19(17)20/h8-11,13H,3-7,12H2,1-2H3. The zero-order valence-electron chi connectivity index (χ0n) is 12.6. The van der Waals surface area contributed by atoms with E-state index >= 15 is 0 Å². The summed E-state index contributed by atoms with van der Waals surface area (Å²) in [5, 5.41) is 0. The molecule has 0 aromatic heterocycles. The molecule has 0 unspecified atom stereocenters. The van der Waals surface area contributed by atoms with E-state index in [4.69, 9.17) is 0 Å². The summed E-state index contributed by atoms with van der Waals surface area (Å²) in [6.45, 7) is 9.87. The van der Waals surface area contributed by atoms with Gasteiger partial charge in [0, 0.05) is 29.1 Å². The van der Waals surface area contributed by atoms with Crippen molar-refractivity contribution in [3.05, 3.63) is 59.3 Å². The minimum atomic E-state index is 1.10. The number of unbranched alkanes of at least 4 members (excludes halogenated alkanes) is 1. The number of hydrogen-bond donors (Lipinski definition) is 0. The number of rotatable bonds is 3. The normalized spacial score (nSPS) is 17.3. The van der Waals surface area contributed by atoms with Crippen molar-refractivity contribution in [2.24, 2.45) is 0 Å². The maximum atomic E-state index is 4.36. The molecule has 1 heteroatoms. The summed E-state index contributed by atoms with van der Waals surface area (Å²) in [6.07, 6.45) is 9.49. The molecule has 104 valence electrons. The summed E-state index contributed by atoms with van der Waals surface area (Å²) in [5.74, 6) is 0. The van der Waals surface area contributed by atoms with Crippen LogP contribution >= 0.6 is 0 Å². The largest absolute Gasteiger partial charge is 0.341 e. The van der Waals surface area contributed by atoms with Crippen LogP contribution in [0, 0.1) is 6.92 Å². The summed E-state index contributed by atoms with van der Waals surface area (Å²) in [7, 11) is 0. The van der Waals surface area contributed by atoms with Gasteiger partial charge in [0.2, 0.25) is 0 Å². The molecule has 0 atom stereocenters. The third-order valence-electron chi connectivity index (χ3n) is 4.25. The van der Waals surface area contributed by atoms with Crippen LogP contribution in [0.3, 0.4) is 0 Å². The van der Waals surface area contributed by atoms with Gasteiger partial charge in [0.1, 0.15) is 0 Å². The first-order valence-electron chi connectivity index (χ1n) is 7.71. The molecular formula is C19H23N. The minimum absolute atomic E-state index is 1.10. The van der Waals surface area contributed by atoms with Crippen molar-refractivity contribution in [1.82, 2.24) is 0 Å². The number of anilines is 1. The van der Waals surface area contributed by atoms with E-state index in [1.165, 1.54) is 46.5 Å². The Labute approximate surface area is 122 Å². The first-order chi connectivity index (χ1) is 9.72. The monoisotopic (exact) mass is 265 g/mol. The molecular weight excluding hydrogens is 242 g/mol. The Morgan fingerprint density at radius 2 is 2.00 bits per heavy atom. The van der Waals surface area contributed by atoms with Crippen LogP contribution in [0.25, 0.3) is 5.57 Å². The molecule has 0 N–H and O–H groups in total. The number of aryl methyl sites for hydroxylation is 1. The third-order valence-corrected chi connectivity index (χ3v) is 4.25. The van der Waals surface area contributed by atoms with Crippen molar-refractivity contribution in [2.45, 2.75) is 39.5 Å². The van der Waals surface area contributed by atoms with Crippen molar-refractivity contribution in [1.29, 1.82) is 0 Å². The van der Waals surface area contributed by atoms with Crippen molar-refractivity contribution >= 4 is 11.3 Å². The van der Waals surface area contributed by atoms with E-state index in [1.54, 1.807) is 0 Å². The van der Waals surface area contributed by atoms with Crippen molar-refractivity contribution in [3.63, 3.8) is 0 Å². The third kappa shape index (κ3) is 2.11. The second-order valence-corrected chi connectivity index (χ2v) is 5.79. The molecule has 0 bridgehead atoms. The zero-order valence-corrected chi connectivity index (χ0v) is 12.6. The molecule has 1 aromatic rings. The van der Waals surface area contributed by atoms with Gasteiger partial charge in [0.05, 0.1) is 0 Å². The van der Waals surface area contributed by atoms with E-state index in [2.05, 4.69) is 55.7 Å². The fourth-order valence-electron chi connectivity index (χ4n) is 3.15. The lowest BCUT2D eigenvalue weighted by Gasteiger charge is -2.38. The number of fused-ring (bicyclic) bond motifs is 2. The molecule has 1 heterocycles. The minimum Gasteiger partial charge on any atom is -0.341 e. The van der Waals surface area contributed by atoms with Crippen LogP contribution in [0.15, 0.2) is 48.2 Å². The number of benzene rings is 1. The lowest BCUT2D eigenvalue weighted by Crippen LogP contribution is -2.30. The molecule has 0 fully saturated rings. The molecule has 0 spiro atoms. The van der Waals surface area contributed by atoms with E-state index in [1.807, 2.05) is 0 Å². The topological polar surface area (TPSA) is 3.24 Å². The van der Waals surface area contributed by atoms with Gasteiger partial charge < -0.3 is 4.90 Å². The van der Waals surface area contributed by atoms with Gasteiger partial charge in [0.15, 0.2) is 0 Å². The van der Waals surface area contributed by atoms with Crippen LogP contribution in [-0.4, -0.2) is 6.54 Å². The highest BCUT2D eigenvalue weighted by molar-refractivity contribution is 5.94. The Hall–Kier alpha value is -1.76. The SMILES string of the molecule is C=C1C2=CCCC=C2N(CCCC)c2ccc(C)cc21. The summed E-state index contributed by atoms with van der Waals surface area (Å²) >= 11 is 0. The van der Waals surface area contributed by atoms with E-state index in [0.29, 0.717) is 0 Å². The molecule has 1 aromatic carbocycles. The molecule has 0 saturated heterocycles. The van der Waals surface area contributed by atoms with Crippen LogP contribution in [0.4, 0.5) is 5.69 Å². The Bertz CT molecular complexity index is 604. The maximum Gasteiger partial charge on any atom is 0.0490 e. The van der Waals surface area contributed by atoms with Crippen molar-refractivity contribution < 1.29 is 0 Å². The second kappa shape index (κ2) is 5.32. The molecule has 20 heavy (non-hydrogen) atoms. The molecule has 2 aliphatic rings. The molecule has 1 aliphatic heterocycles. The van der Waals surface area contributed by atoms with Gasteiger partial charge in [-0.3, -0.25) is 0 Å². The molecule has 1 aliphatic carbocycles. The smallest absolute Gasteiger partial charge is 0.0490 e. The average Bonchev–Trinajstić information content (AvgIpc) is 2.48. The molecule has 0 saturated carbocycles. The quantitative estimate of drug-likeness (QED) is 0.723. The molecule has 3 rings (SSSR count). The first-order valence-corrected chi connectivity index (χ1v) is 7.71. The van der Waals surface area contributed by atoms with E-state index in [9.17, 15) is 0 Å². The van der Waals surface area contributed by atoms with Gasteiger partial charge in [-0.25, -0.2) is 0 Å². The van der Waals surface area contributed by atoms with Crippen molar-refractivity contribution in [2.75, 3.05) is 11.4 Å². The second-order valence-electron chi connectivity index (χ2n) is 5.79. The highest BCUT2D eigenvalue weighted by Crippen LogP contribution is 2.44. The van der Waals surface area contributed by atoms with Gasteiger partial charge in [-0.15, -0.1) is 0 Å². The number of allylic oxidation sites excluding steroid dienone is 3. The van der Waals surface area contributed by atoms with Crippen LogP contribution in [0.5, 0.6) is 0 Å². The molecule has 0 amide bonds. The molecule has 0 radical (unpaired) electrons. The summed E-state index contributed by atoms with van der Waals surface area (Å²) in [5.41, 5.74) is 7.88. The molecule has 1 nitrogen and oxygen atoms in total. The lowest BCUT2D eigenvalue weighted by molar-refractivity contribution is 0.760. The van der Waals surface area contributed by atoms with E-state index < -0.39 is 0 Å². The van der Waals surface area contributed by atoms with Gasteiger partial charge in [-0.05, 0) is 43.9 Å². The van der Waals surface area contributed by atoms with Gasteiger partial charge in [-0.1, -0.05) is 43.7 Å². The highest BCUT2D eigenvalue weighted by atomic mass is 15.2. The van der Waals surface area contributed by atoms with Gasteiger partial charge in [0.25, 0.3) is 0 Å². The highest BCUT2D eigenvalue weighted by Gasteiger charge is 2.28. The maximum absolute atomic E-state index is 4.36. The Kier molecular flexibility index (Phi) is 3.52. The fraction of sp³-hybridized carbons (Fsp3) is 0.368. The lowest BCUT2D eigenvalue weighted by atomic mass is 9.85. The van der Waals surface area contributed by atoms with E-state index in [-0.39, 0.29) is 0 Å². The van der Waals surface area contributed by atoms with Crippen LogP contribution in [-0.2, 0) is 0 Å². The summed E-state index contributed by atoms with van der Waals surface area (Å²) in [4.78, 5) is 2.50. The Morgan fingerprint density at radius 1 is 1.20 bits per heavy atom. The zero-order chi connectivity index (χ0) is 14.1. The number of hydrogen-bond acceptors (Lipinski definition) is 1. The fourth-order valence-corrected chi connectivity index (χ4v) is 3.15. The Morgan fingerprint density at radius 3 is 2.80 bits per heavy atom. The van der Waals surface area contributed by atoms with E-state index in [0.717, 1.165) is 19.4 Å². The predicted octanol–water partition coefficient (Wildman–Crippen LogP) is 5.23. The number of nitrogens with zero attached hydrogens (tertiary/aromatic N) is 1. The van der Waals surface area contributed by atoms with Crippen LogP contribution < -0.4 is 4.90 Å². The van der Waals surface area contributed by atoms with Gasteiger partial charge >= 0.3 is 0 Å². The summed E-state index contributed by atoms with van der Waals surface area (Å²) in [6, 6.07) is 6.75. The van der Waals surface area contributed by atoms with Crippen LogP contribution in [0.1, 0.15) is 43.7 Å². The summed E-state index contributed by atoms with van der Waals surface area (Å²) < 4.78 is 0. The van der Waals surface area contributed by atoms with Crippen LogP contribution in [0.2, 0.25) is 0 Å². The predicted molar refractivity (Wildman–Crippen MR) is 87.9 cm³/mol. The first kappa shape index (κ1) is 13.2. The van der Waals surface area contributed by atoms with Crippen molar-refractivity contribution in [3.8, 4) is 0 Å².